The maximum Gasteiger partial charge on any atom is 0.511 e. The number of fused-ring (bicyclic) bond motifs is 1. The first-order valence-corrected chi connectivity index (χ1v) is 5.17. The second-order valence-electron chi connectivity index (χ2n) is 3.74. The van der Waals surface area contributed by atoms with Crippen molar-refractivity contribution in [2.45, 2.75) is 0 Å². The summed E-state index contributed by atoms with van der Waals surface area (Å²) < 4.78 is 47.9. The van der Waals surface area contributed by atoms with Crippen molar-refractivity contribution in [2.24, 2.45) is 0 Å². The number of rotatable bonds is 3. The van der Waals surface area contributed by atoms with Crippen LogP contribution < -0.4 is 14.9 Å². The van der Waals surface area contributed by atoms with Crippen molar-refractivity contribution < 1.29 is 22.4 Å². The zero-order valence-electron chi connectivity index (χ0n) is 9.78. The van der Waals surface area contributed by atoms with Gasteiger partial charge in [-0.05, 0) is 6.07 Å². The molecule has 2 rings (SSSR count). The predicted octanol–water partition coefficient (Wildman–Crippen LogP) is 2.31. The van der Waals surface area contributed by atoms with Crippen LogP contribution >= 0.6 is 0 Å². The minimum absolute atomic E-state index is 0.365. The Kier molecular flexibility index (Phi) is 3.06. The number of benzene rings is 1. The zero-order chi connectivity index (χ0) is 13.3. The molecule has 96 valence electrons. The Hall–Kier alpha value is -1.92. The fraction of sp³-hybridized carbons (Fsp3) is 0.182. The van der Waals surface area contributed by atoms with E-state index in [-0.39, 0.29) is 0 Å². The van der Waals surface area contributed by atoms with E-state index in [0.717, 1.165) is 12.3 Å². The van der Waals surface area contributed by atoms with E-state index in [1.807, 2.05) is 0 Å². The van der Waals surface area contributed by atoms with E-state index in [4.69, 9.17) is 9.47 Å². The van der Waals surface area contributed by atoms with Crippen LogP contribution in [0.25, 0.3) is 10.9 Å². The van der Waals surface area contributed by atoms with Gasteiger partial charge in [-0.15, -0.1) is 0 Å². The number of ether oxygens (including phenoxy) is 2. The molecule has 0 N–H and O–H groups in total. The molecule has 0 aliphatic heterocycles. The van der Waals surface area contributed by atoms with E-state index >= 15 is 0 Å². The quantitative estimate of drug-likeness (QED) is 0.789. The highest BCUT2D eigenvalue weighted by molar-refractivity contribution is 6.73. The van der Waals surface area contributed by atoms with Gasteiger partial charge in [0.05, 0.1) is 19.7 Å². The van der Waals surface area contributed by atoms with Crippen molar-refractivity contribution in [1.29, 1.82) is 0 Å². The van der Waals surface area contributed by atoms with Gasteiger partial charge in [-0.25, -0.2) is 0 Å². The van der Waals surface area contributed by atoms with E-state index in [0.29, 0.717) is 22.4 Å². The number of pyridine rings is 1. The van der Waals surface area contributed by atoms with Gasteiger partial charge < -0.3 is 22.4 Å². The van der Waals surface area contributed by atoms with Crippen molar-refractivity contribution >= 4 is 23.3 Å². The normalized spacial score (nSPS) is 11.6. The summed E-state index contributed by atoms with van der Waals surface area (Å²) in [6.07, 6.45) is 0.828. The number of nitrogens with zero attached hydrogens (tertiary/aromatic N) is 1. The third-order valence-corrected chi connectivity index (χ3v) is 2.59. The van der Waals surface area contributed by atoms with Gasteiger partial charge in [0.15, 0.2) is 11.5 Å². The lowest BCUT2D eigenvalue weighted by Crippen LogP contribution is -2.34. The van der Waals surface area contributed by atoms with Crippen molar-refractivity contribution in [3.63, 3.8) is 0 Å². The van der Waals surface area contributed by atoms with Crippen molar-refractivity contribution in [3.05, 3.63) is 24.4 Å². The van der Waals surface area contributed by atoms with Crippen LogP contribution in [0.15, 0.2) is 24.4 Å². The molecule has 0 bridgehead atoms. The molecule has 0 aliphatic carbocycles. The first kappa shape index (κ1) is 12.5. The van der Waals surface area contributed by atoms with E-state index in [1.165, 1.54) is 20.3 Å². The lowest BCUT2D eigenvalue weighted by molar-refractivity contribution is 0.356. The highest BCUT2D eigenvalue weighted by atomic mass is 19.4. The second kappa shape index (κ2) is 4.40. The molecule has 0 radical (unpaired) electrons. The van der Waals surface area contributed by atoms with Crippen molar-refractivity contribution in [3.8, 4) is 11.5 Å². The van der Waals surface area contributed by atoms with Gasteiger partial charge in [0.25, 0.3) is 0 Å². The minimum atomic E-state index is -5.05. The topological polar surface area (TPSA) is 31.4 Å². The van der Waals surface area contributed by atoms with Crippen molar-refractivity contribution in [2.75, 3.05) is 14.2 Å². The average Bonchev–Trinajstić information content (AvgIpc) is 2.35. The number of hydrogen-bond donors (Lipinski definition) is 0. The van der Waals surface area contributed by atoms with Crippen LogP contribution in [0.5, 0.6) is 11.5 Å². The molecule has 1 aromatic carbocycles. The van der Waals surface area contributed by atoms with Crippen LogP contribution in [-0.2, 0) is 0 Å². The Morgan fingerprint density at radius 1 is 1.00 bits per heavy atom. The molecule has 0 saturated heterocycles. The van der Waals surface area contributed by atoms with Crippen LogP contribution in [0.3, 0.4) is 0 Å². The summed E-state index contributed by atoms with van der Waals surface area (Å²) in [5, 5.41) is 0.365. The highest BCUT2D eigenvalue weighted by Crippen LogP contribution is 2.31. The second-order valence-corrected chi connectivity index (χ2v) is 3.74. The predicted molar refractivity (Wildman–Crippen MR) is 63.6 cm³/mol. The Bertz CT molecular complexity index is 586. The monoisotopic (exact) mass is 256 g/mol. The number of methoxy groups -OCH3 is 2. The zero-order valence-corrected chi connectivity index (χ0v) is 9.78. The summed E-state index contributed by atoms with van der Waals surface area (Å²) in [4.78, 5) is 3.79. The molecule has 0 unspecified atom stereocenters. The molecule has 0 fully saturated rings. The van der Waals surface area contributed by atoms with Gasteiger partial charge in [0.2, 0.25) is 0 Å². The molecule has 2 aromatic rings. The van der Waals surface area contributed by atoms with E-state index in [2.05, 4.69) is 4.98 Å². The molecular formula is C11H10BF3NO2-. The standard InChI is InChI=1S/C11H10BF3NO2/c1-17-10-4-7-3-8(12(13,14)15)6-16-9(7)5-11(10)18-2/h3-6H,1-2H3/q-1. The average molecular weight is 256 g/mol. The molecule has 0 atom stereocenters. The molecule has 1 heterocycles. The third-order valence-electron chi connectivity index (χ3n) is 2.59. The molecule has 3 nitrogen and oxygen atoms in total. The van der Waals surface area contributed by atoms with Gasteiger partial charge in [0, 0.05) is 17.6 Å². The third kappa shape index (κ3) is 2.20. The van der Waals surface area contributed by atoms with Gasteiger partial charge >= 0.3 is 6.98 Å². The maximum atomic E-state index is 12.6. The fourth-order valence-electron chi connectivity index (χ4n) is 1.65. The highest BCUT2D eigenvalue weighted by Gasteiger charge is 2.26. The lowest BCUT2D eigenvalue weighted by Gasteiger charge is -2.15. The van der Waals surface area contributed by atoms with E-state index in [9.17, 15) is 12.9 Å². The van der Waals surface area contributed by atoms with Gasteiger partial charge in [-0.3, -0.25) is 4.98 Å². The van der Waals surface area contributed by atoms with Gasteiger partial charge in [-0.1, -0.05) is 11.5 Å². The molecule has 1 aromatic heterocycles. The summed E-state index contributed by atoms with van der Waals surface area (Å²) in [6.45, 7) is -5.05. The minimum Gasteiger partial charge on any atom is -0.493 e. The van der Waals surface area contributed by atoms with Crippen LogP contribution in [0.4, 0.5) is 12.9 Å². The smallest absolute Gasteiger partial charge is 0.493 e. The Morgan fingerprint density at radius 2 is 1.61 bits per heavy atom. The SMILES string of the molecule is COc1cc2cc([B-](F)(F)F)cnc2cc1OC. The molecule has 0 saturated carbocycles. The summed E-state index contributed by atoms with van der Waals surface area (Å²) in [5.41, 5.74) is -0.300. The fourth-order valence-corrected chi connectivity index (χ4v) is 1.65. The molecule has 18 heavy (non-hydrogen) atoms. The van der Waals surface area contributed by atoms with Crippen LogP contribution in [-0.4, -0.2) is 26.2 Å². The molecular weight excluding hydrogens is 246 g/mol. The van der Waals surface area contributed by atoms with Crippen LogP contribution in [0.1, 0.15) is 0 Å². The Morgan fingerprint density at radius 3 is 2.17 bits per heavy atom. The summed E-state index contributed by atoms with van der Waals surface area (Å²) in [6, 6.07) is 4.08. The van der Waals surface area contributed by atoms with E-state index in [1.54, 1.807) is 6.07 Å². The lowest BCUT2D eigenvalue weighted by atomic mass is 9.81. The summed E-state index contributed by atoms with van der Waals surface area (Å²) in [5.74, 6) is 0.807. The van der Waals surface area contributed by atoms with Crippen molar-refractivity contribution in [1.82, 2.24) is 4.98 Å². The number of hydrogen-bond acceptors (Lipinski definition) is 3. The Labute approximate surface area is 102 Å². The first-order valence-electron chi connectivity index (χ1n) is 5.17. The molecule has 0 amide bonds. The largest absolute Gasteiger partial charge is 0.511 e. The molecule has 0 spiro atoms. The van der Waals surface area contributed by atoms with Gasteiger partial charge in [0.1, 0.15) is 0 Å². The Balaban J connectivity index is 2.63. The van der Waals surface area contributed by atoms with Gasteiger partial charge in [-0.2, -0.15) is 0 Å². The van der Waals surface area contributed by atoms with Crippen LogP contribution in [0.2, 0.25) is 0 Å². The first-order chi connectivity index (χ1) is 8.45. The maximum absolute atomic E-state index is 12.6. The summed E-state index contributed by atoms with van der Waals surface area (Å²) in [7, 11) is 2.88. The number of halogens is 3. The van der Waals surface area contributed by atoms with Crippen LogP contribution in [0, 0.1) is 0 Å². The van der Waals surface area contributed by atoms with E-state index < -0.39 is 12.4 Å². The molecule has 7 heteroatoms. The number of aromatic nitrogens is 1. The summed E-state index contributed by atoms with van der Waals surface area (Å²) >= 11 is 0. The molecule has 0 aliphatic rings.